The summed E-state index contributed by atoms with van der Waals surface area (Å²) in [4.78, 5) is 24.9. The third-order valence-electron chi connectivity index (χ3n) is 8.26. The predicted molar refractivity (Wildman–Crippen MR) is 151 cm³/mol. The van der Waals surface area contributed by atoms with E-state index in [9.17, 15) is 4.79 Å². The van der Waals surface area contributed by atoms with Crippen LogP contribution in [-0.4, -0.2) is 69.9 Å². The number of imidazole rings is 1. The summed E-state index contributed by atoms with van der Waals surface area (Å²) in [7, 11) is 3.08. The molecule has 1 saturated carbocycles. The van der Waals surface area contributed by atoms with Crippen molar-refractivity contribution < 1.29 is 18.3 Å². The number of amides is 1. The number of likely N-dealkylation sites (N-methyl/N-ethyl adjacent to an activating group) is 1. The second kappa shape index (κ2) is 10.7. The number of carbonyl (C=O) groups is 1. The zero-order chi connectivity index (χ0) is 28.8. The van der Waals surface area contributed by atoms with Gasteiger partial charge in [-0.25, -0.2) is 23.1 Å². The number of carbonyl (C=O) groups excluding carboxylic acids is 1. The number of nitrogens with zero attached hydrogens (tertiary/aromatic N) is 6. The van der Waals surface area contributed by atoms with Crippen LogP contribution < -0.4 is 10.6 Å². The first-order valence-corrected chi connectivity index (χ1v) is 13.8. The second-order valence-corrected chi connectivity index (χ2v) is 11.2. The fourth-order valence-electron chi connectivity index (χ4n) is 6.16. The lowest BCUT2D eigenvalue weighted by Crippen LogP contribution is -2.62. The molecular weight excluding hydrogens is 528 g/mol. The number of rotatable bonds is 6. The summed E-state index contributed by atoms with van der Waals surface area (Å²) in [5.41, 5.74) is 9.94. The van der Waals surface area contributed by atoms with Gasteiger partial charge in [0, 0.05) is 56.2 Å². The Morgan fingerprint density at radius 1 is 1.15 bits per heavy atom. The zero-order valence-electron chi connectivity index (χ0n) is 23.3. The summed E-state index contributed by atoms with van der Waals surface area (Å²) in [6, 6.07) is 7.72. The number of ether oxygens (including phenoxy) is 1. The van der Waals surface area contributed by atoms with Gasteiger partial charge in [0.1, 0.15) is 17.5 Å². The molecule has 0 radical (unpaired) electrons. The van der Waals surface area contributed by atoms with Gasteiger partial charge in [0.25, 0.3) is 0 Å². The van der Waals surface area contributed by atoms with Crippen LogP contribution in [0.25, 0.3) is 16.8 Å². The lowest BCUT2D eigenvalue weighted by atomic mass is 9.88. The highest BCUT2D eigenvalue weighted by atomic mass is 19.1. The van der Waals surface area contributed by atoms with Crippen molar-refractivity contribution in [1.29, 1.82) is 0 Å². The lowest BCUT2D eigenvalue weighted by molar-refractivity contribution is 0.0905. The minimum absolute atomic E-state index is 0.0800. The van der Waals surface area contributed by atoms with Gasteiger partial charge in [-0.3, -0.25) is 4.98 Å². The number of anilines is 1. The standard InChI is InChI=1S/C30H33F2N7O2/c1-17-15-38(16-24(33)29(17)37(2)30(40)41-3)26-8-9-34-13-20(26)12-27-35-14-21-6-7-25(36-39(21)27)28-22(31)10-19(11-23(28)32)18-4-5-18/h6-11,13-14,17-18,24,29H,4-5,12,15-16,33H2,1-3H3/t17-,24+,29-/m0/s1. The van der Waals surface area contributed by atoms with Crippen molar-refractivity contribution in [2.75, 3.05) is 32.1 Å². The Morgan fingerprint density at radius 3 is 2.59 bits per heavy atom. The normalized spacial score (nSPS) is 20.8. The van der Waals surface area contributed by atoms with E-state index in [-0.39, 0.29) is 35.2 Å². The molecule has 2 N–H and O–H groups in total. The minimum Gasteiger partial charge on any atom is -0.453 e. The lowest BCUT2D eigenvalue weighted by Gasteiger charge is -2.45. The fourth-order valence-corrected chi connectivity index (χ4v) is 6.16. The number of fused-ring (bicyclic) bond motifs is 1. The van der Waals surface area contributed by atoms with Crippen LogP contribution in [0.5, 0.6) is 0 Å². The van der Waals surface area contributed by atoms with Gasteiger partial charge in [-0.1, -0.05) is 6.92 Å². The van der Waals surface area contributed by atoms with Gasteiger partial charge < -0.3 is 20.3 Å². The Morgan fingerprint density at radius 2 is 1.90 bits per heavy atom. The smallest absolute Gasteiger partial charge is 0.409 e. The molecule has 2 fully saturated rings. The van der Waals surface area contributed by atoms with Crippen LogP contribution in [0.2, 0.25) is 0 Å². The number of hydrogen-bond acceptors (Lipinski definition) is 7. The first kappa shape index (κ1) is 27.1. The third kappa shape index (κ3) is 5.10. The van der Waals surface area contributed by atoms with Crippen LogP contribution in [-0.2, 0) is 11.2 Å². The Kier molecular flexibility index (Phi) is 7.06. The molecule has 0 bridgehead atoms. The highest BCUT2D eigenvalue weighted by Crippen LogP contribution is 2.42. The molecule has 1 amide bonds. The van der Waals surface area contributed by atoms with Gasteiger partial charge in [-0.05, 0) is 60.6 Å². The minimum atomic E-state index is -0.610. The van der Waals surface area contributed by atoms with Crippen molar-refractivity contribution in [2.45, 2.75) is 44.2 Å². The zero-order valence-corrected chi connectivity index (χ0v) is 23.3. The Labute approximate surface area is 236 Å². The van der Waals surface area contributed by atoms with Crippen molar-refractivity contribution in [3.05, 3.63) is 77.5 Å². The average Bonchev–Trinajstić information content (AvgIpc) is 3.73. The monoisotopic (exact) mass is 561 g/mol. The van der Waals surface area contributed by atoms with Gasteiger partial charge in [0.15, 0.2) is 0 Å². The summed E-state index contributed by atoms with van der Waals surface area (Å²) in [5, 5.41) is 4.60. The molecule has 9 nitrogen and oxygen atoms in total. The van der Waals surface area contributed by atoms with Crippen molar-refractivity contribution >= 4 is 17.3 Å². The fraction of sp³-hybridized carbons (Fsp3) is 0.400. The first-order chi connectivity index (χ1) is 19.7. The number of benzene rings is 1. The number of hydrogen-bond donors (Lipinski definition) is 1. The number of halogens is 2. The highest BCUT2D eigenvalue weighted by molar-refractivity contribution is 5.68. The molecule has 214 valence electrons. The molecule has 1 saturated heterocycles. The maximum absolute atomic E-state index is 15.1. The molecule has 41 heavy (non-hydrogen) atoms. The summed E-state index contributed by atoms with van der Waals surface area (Å²) in [5.74, 6) is -0.279. The summed E-state index contributed by atoms with van der Waals surface area (Å²) in [6.45, 7) is 3.28. The largest absolute Gasteiger partial charge is 0.453 e. The van der Waals surface area contributed by atoms with E-state index >= 15 is 8.78 Å². The van der Waals surface area contributed by atoms with E-state index in [2.05, 4.69) is 26.9 Å². The van der Waals surface area contributed by atoms with Gasteiger partial charge in [-0.15, -0.1) is 0 Å². The van der Waals surface area contributed by atoms with E-state index in [0.717, 1.165) is 24.1 Å². The van der Waals surface area contributed by atoms with E-state index in [1.807, 2.05) is 6.07 Å². The maximum atomic E-state index is 15.1. The highest BCUT2D eigenvalue weighted by Gasteiger charge is 2.38. The van der Waals surface area contributed by atoms with Crippen molar-refractivity contribution in [3.8, 4) is 11.3 Å². The maximum Gasteiger partial charge on any atom is 0.409 e. The summed E-state index contributed by atoms with van der Waals surface area (Å²) in [6.07, 6.45) is 7.13. The summed E-state index contributed by atoms with van der Waals surface area (Å²) < 4.78 is 36.7. The molecule has 4 heterocycles. The second-order valence-electron chi connectivity index (χ2n) is 11.2. The molecular formula is C30H33F2N7O2. The third-order valence-corrected chi connectivity index (χ3v) is 8.26. The summed E-state index contributed by atoms with van der Waals surface area (Å²) >= 11 is 0. The van der Waals surface area contributed by atoms with E-state index in [4.69, 9.17) is 10.5 Å². The number of nitrogens with two attached hydrogens (primary N) is 1. The molecule has 3 aromatic heterocycles. The number of aromatic nitrogens is 4. The van der Waals surface area contributed by atoms with Crippen LogP contribution in [0, 0.1) is 17.6 Å². The van der Waals surface area contributed by atoms with Gasteiger partial charge >= 0.3 is 6.09 Å². The Hall–Kier alpha value is -4.12. The Bertz CT molecular complexity index is 1570. The molecule has 1 aliphatic heterocycles. The van der Waals surface area contributed by atoms with Crippen molar-refractivity contribution in [1.82, 2.24) is 24.5 Å². The molecule has 0 unspecified atom stereocenters. The topological polar surface area (TPSA) is 102 Å². The molecule has 1 aromatic carbocycles. The van der Waals surface area contributed by atoms with E-state index in [0.29, 0.717) is 36.4 Å². The number of methoxy groups -OCH3 is 1. The van der Waals surface area contributed by atoms with Gasteiger partial charge in [0.2, 0.25) is 0 Å². The molecule has 11 heteroatoms. The van der Waals surface area contributed by atoms with E-state index in [1.54, 1.807) is 47.2 Å². The van der Waals surface area contributed by atoms with Crippen molar-refractivity contribution in [3.63, 3.8) is 0 Å². The molecule has 1 aliphatic carbocycles. The SMILES string of the molecule is COC(=O)N(C)[C@@H]1[C@H](N)CN(c2ccncc2Cc2ncc3ccc(-c4c(F)cc(C5CC5)cc4F)nn23)C[C@@H]1C. The van der Waals surface area contributed by atoms with Crippen LogP contribution in [0.3, 0.4) is 0 Å². The van der Waals surface area contributed by atoms with Crippen molar-refractivity contribution in [2.24, 2.45) is 11.7 Å². The Balaban J connectivity index is 1.28. The number of piperidine rings is 1. The van der Waals surface area contributed by atoms with Crippen LogP contribution in [0.4, 0.5) is 19.3 Å². The predicted octanol–water partition coefficient (Wildman–Crippen LogP) is 4.39. The van der Waals surface area contributed by atoms with Crippen LogP contribution in [0.15, 0.2) is 48.9 Å². The van der Waals surface area contributed by atoms with Crippen LogP contribution in [0.1, 0.15) is 42.6 Å². The molecule has 3 atom stereocenters. The van der Waals surface area contributed by atoms with E-state index in [1.165, 1.54) is 19.2 Å². The molecule has 2 aliphatic rings. The molecule has 4 aromatic rings. The van der Waals surface area contributed by atoms with Gasteiger partial charge in [0.05, 0.1) is 36.1 Å². The first-order valence-electron chi connectivity index (χ1n) is 13.8. The molecule has 0 spiro atoms. The van der Waals surface area contributed by atoms with E-state index < -0.39 is 17.7 Å². The average molecular weight is 562 g/mol. The van der Waals surface area contributed by atoms with Crippen LogP contribution >= 0.6 is 0 Å². The number of pyridine rings is 1. The molecule has 6 rings (SSSR count). The quantitative estimate of drug-likeness (QED) is 0.373. The van der Waals surface area contributed by atoms with Gasteiger partial charge in [-0.2, -0.15) is 5.10 Å².